The first-order valence-electron chi connectivity index (χ1n) is 8.80. The molecule has 2 N–H and O–H groups in total. The lowest BCUT2D eigenvalue weighted by atomic mass is 10.2. The van der Waals surface area contributed by atoms with E-state index in [9.17, 15) is 0 Å². The summed E-state index contributed by atoms with van der Waals surface area (Å²) in [7, 11) is 0. The van der Waals surface area contributed by atoms with Crippen molar-refractivity contribution < 1.29 is 0 Å². The molecule has 2 heterocycles. The van der Waals surface area contributed by atoms with Crippen molar-refractivity contribution in [3.63, 3.8) is 0 Å². The molecule has 0 amide bonds. The van der Waals surface area contributed by atoms with Gasteiger partial charge in [0.05, 0.1) is 6.54 Å². The van der Waals surface area contributed by atoms with E-state index in [0.29, 0.717) is 6.54 Å². The largest absolute Gasteiger partial charge is 0.370 e. The van der Waals surface area contributed by atoms with Crippen LogP contribution in [0.1, 0.15) is 18.1 Å². The van der Waals surface area contributed by atoms with Gasteiger partial charge in [-0.05, 0) is 47.0 Å². The normalized spacial score (nSPS) is 15.2. The van der Waals surface area contributed by atoms with E-state index in [1.54, 1.807) is 11.3 Å². The number of hydrogen-bond acceptors (Lipinski definition) is 4. The average Bonchev–Trinajstić information content (AvgIpc) is 3.19. The van der Waals surface area contributed by atoms with E-state index < -0.39 is 0 Å². The monoisotopic (exact) mass is 374 g/mol. The van der Waals surface area contributed by atoms with Gasteiger partial charge < -0.3 is 15.5 Å². The fraction of sp³-hybridized carbons (Fsp3) is 0.421. The van der Waals surface area contributed by atoms with Gasteiger partial charge in [0.25, 0.3) is 0 Å². The van der Waals surface area contributed by atoms with E-state index in [1.807, 2.05) is 11.8 Å². The van der Waals surface area contributed by atoms with Crippen LogP contribution in [0.4, 0.5) is 5.69 Å². The smallest absolute Gasteiger partial charge is 0.191 e. The quantitative estimate of drug-likeness (QED) is 0.599. The van der Waals surface area contributed by atoms with E-state index >= 15 is 0 Å². The summed E-state index contributed by atoms with van der Waals surface area (Å²) in [6.07, 6.45) is 0. The van der Waals surface area contributed by atoms with Crippen LogP contribution in [0.15, 0.2) is 46.1 Å². The highest BCUT2D eigenvalue weighted by Gasteiger charge is 2.10. The van der Waals surface area contributed by atoms with E-state index in [4.69, 9.17) is 0 Å². The summed E-state index contributed by atoms with van der Waals surface area (Å²) in [5.74, 6) is 3.33. The number of guanidine groups is 1. The van der Waals surface area contributed by atoms with Gasteiger partial charge in [-0.1, -0.05) is 12.1 Å². The molecule has 1 aromatic carbocycles. The fourth-order valence-corrected chi connectivity index (χ4v) is 4.29. The number of benzene rings is 1. The van der Waals surface area contributed by atoms with E-state index in [2.05, 4.69) is 68.5 Å². The maximum atomic E-state index is 4.65. The van der Waals surface area contributed by atoms with Gasteiger partial charge in [0.15, 0.2) is 5.96 Å². The van der Waals surface area contributed by atoms with Crippen molar-refractivity contribution in [1.29, 1.82) is 0 Å². The highest BCUT2D eigenvalue weighted by molar-refractivity contribution is 7.99. The Morgan fingerprint density at radius 2 is 1.88 bits per heavy atom. The Hall–Kier alpha value is -1.66. The number of nitrogens with zero attached hydrogens (tertiary/aromatic N) is 2. The molecule has 3 rings (SSSR count). The summed E-state index contributed by atoms with van der Waals surface area (Å²) in [5.41, 5.74) is 3.87. The number of rotatable bonds is 6. The van der Waals surface area contributed by atoms with Crippen LogP contribution in [-0.4, -0.2) is 37.1 Å². The molecule has 2 aromatic rings. The zero-order valence-corrected chi connectivity index (χ0v) is 16.3. The molecule has 6 heteroatoms. The molecule has 0 saturated carbocycles. The standard InChI is InChI=1S/C19H26N4S2/c1-2-20-19(22-14-17-7-10-25-15-17)21-13-16-3-5-18(6-4-16)23-8-11-24-12-9-23/h3-7,10,15H,2,8-9,11-14H2,1H3,(H2,20,21,22). The van der Waals surface area contributed by atoms with Gasteiger partial charge in [-0.2, -0.15) is 23.1 Å². The van der Waals surface area contributed by atoms with Crippen molar-refractivity contribution in [1.82, 2.24) is 10.6 Å². The molecule has 1 aliphatic heterocycles. The fourth-order valence-electron chi connectivity index (χ4n) is 2.73. The number of anilines is 1. The lowest BCUT2D eigenvalue weighted by molar-refractivity contribution is 0.815. The summed E-state index contributed by atoms with van der Waals surface area (Å²) in [6, 6.07) is 11.0. The third kappa shape index (κ3) is 5.68. The summed E-state index contributed by atoms with van der Waals surface area (Å²) in [6.45, 7) is 6.76. The summed E-state index contributed by atoms with van der Waals surface area (Å²) >= 11 is 3.76. The van der Waals surface area contributed by atoms with Gasteiger partial charge in [-0.15, -0.1) is 0 Å². The molecule has 134 valence electrons. The van der Waals surface area contributed by atoms with Crippen molar-refractivity contribution >= 4 is 34.7 Å². The average molecular weight is 375 g/mol. The highest BCUT2D eigenvalue weighted by atomic mass is 32.2. The molecule has 4 nitrogen and oxygen atoms in total. The van der Waals surface area contributed by atoms with Gasteiger partial charge in [0.1, 0.15) is 0 Å². The van der Waals surface area contributed by atoms with Crippen molar-refractivity contribution in [3.8, 4) is 0 Å². The van der Waals surface area contributed by atoms with E-state index in [1.165, 1.54) is 28.3 Å². The second-order valence-corrected chi connectivity index (χ2v) is 7.95. The summed E-state index contributed by atoms with van der Waals surface area (Å²) in [4.78, 5) is 7.12. The van der Waals surface area contributed by atoms with Crippen molar-refractivity contribution in [2.45, 2.75) is 20.0 Å². The first-order chi connectivity index (χ1) is 12.3. The minimum absolute atomic E-state index is 0.713. The number of aliphatic imine (C=N–C) groups is 1. The Kier molecular flexibility index (Phi) is 7.06. The Balaban J connectivity index is 1.54. The Labute approximate surface area is 158 Å². The molecule has 1 aromatic heterocycles. The molecule has 0 spiro atoms. The minimum Gasteiger partial charge on any atom is -0.370 e. The number of thioether (sulfide) groups is 1. The Bertz CT molecular complexity index is 647. The molecule has 1 aliphatic rings. The molecule has 0 unspecified atom stereocenters. The predicted molar refractivity (Wildman–Crippen MR) is 112 cm³/mol. The van der Waals surface area contributed by atoms with Gasteiger partial charge in [-0.25, -0.2) is 4.99 Å². The van der Waals surface area contributed by atoms with Gasteiger partial charge in [0.2, 0.25) is 0 Å². The van der Waals surface area contributed by atoms with E-state index in [0.717, 1.165) is 32.1 Å². The van der Waals surface area contributed by atoms with Crippen molar-refractivity contribution in [2.24, 2.45) is 4.99 Å². The number of hydrogen-bond donors (Lipinski definition) is 2. The van der Waals surface area contributed by atoms with Crippen LogP contribution < -0.4 is 15.5 Å². The minimum atomic E-state index is 0.713. The van der Waals surface area contributed by atoms with Crippen molar-refractivity contribution in [2.75, 3.05) is 36.0 Å². The van der Waals surface area contributed by atoms with Crippen LogP contribution >= 0.6 is 23.1 Å². The summed E-state index contributed by atoms with van der Waals surface area (Å²) in [5, 5.41) is 11.0. The van der Waals surface area contributed by atoms with Crippen LogP contribution in [0.25, 0.3) is 0 Å². The van der Waals surface area contributed by atoms with Gasteiger partial charge in [0, 0.05) is 43.4 Å². The molecular weight excluding hydrogens is 348 g/mol. The maximum Gasteiger partial charge on any atom is 0.191 e. The van der Waals surface area contributed by atoms with Crippen LogP contribution in [0.3, 0.4) is 0 Å². The number of thiophene rings is 1. The summed E-state index contributed by atoms with van der Waals surface area (Å²) < 4.78 is 0. The zero-order valence-electron chi connectivity index (χ0n) is 14.7. The predicted octanol–water partition coefficient (Wildman–Crippen LogP) is 3.56. The van der Waals surface area contributed by atoms with Crippen LogP contribution in [0.5, 0.6) is 0 Å². The van der Waals surface area contributed by atoms with Crippen LogP contribution in [0.2, 0.25) is 0 Å². The molecule has 25 heavy (non-hydrogen) atoms. The molecule has 1 saturated heterocycles. The third-order valence-electron chi connectivity index (χ3n) is 4.12. The lowest BCUT2D eigenvalue weighted by Crippen LogP contribution is -2.36. The third-order valence-corrected chi connectivity index (χ3v) is 5.79. The second-order valence-electron chi connectivity index (χ2n) is 5.95. The van der Waals surface area contributed by atoms with Gasteiger partial charge in [-0.3, -0.25) is 0 Å². The first-order valence-corrected chi connectivity index (χ1v) is 10.9. The molecule has 0 radical (unpaired) electrons. The number of nitrogens with one attached hydrogen (secondary N) is 2. The highest BCUT2D eigenvalue weighted by Crippen LogP contribution is 2.19. The van der Waals surface area contributed by atoms with Crippen LogP contribution in [-0.2, 0) is 13.1 Å². The topological polar surface area (TPSA) is 39.7 Å². The SMILES string of the molecule is CCNC(=NCc1ccsc1)NCc1ccc(N2CCSCC2)cc1. The van der Waals surface area contributed by atoms with Crippen LogP contribution in [0, 0.1) is 0 Å². The van der Waals surface area contributed by atoms with Gasteiger partial charge >= 0.3 is 0 Å². The van der Waals surface area contributed by atoms with Crippen molar-refractivity contribution in [3.05, 3.63) is 52.2 Å². The molecule has 0 bridgehead atoms. The Morgan fingerprint density at radius 3 is 2.56 bits per heavy atom. The van der Waals surface area contributed by atoms with E-state index in [-0.39, 0.29) is 0 Å². The molecular formula is C19H26N4S2. The second kappa shape index (κ2) is 9.73. The Morgan fingerprint density at radius 1 is 1.08 bits per heavy atom. The first kappa shape index (κ1) is 18.1. The molecule has 0 atom stereocenters. The maximum absolute atomic E-state index is 4.65. The zero-order chi connectivity index (χ0) is 17.3. The lowest BCUT2D eigenvalue weighted by Gasteiger charge is -2.28. The molecule has 1 fully saturated rings. The molecule has 0 aliphatic carbocycles.